The summed E-state index contributed by atoms with van der Waals surface area (Å²) in [7, 11) is 0. The van der Waals surface area contributed by atoms with Gasteiger partial charge >= 0.3 is 0 Å². The number of aromatic hydroxyl groups is 1. The van der Waals surface area contributed by atoms with Gasteiger partial charge in [0.2, 0.25) is 0 Å². The molecule has 0 amide bonds. The second-order valence-electron chi connectivity index (χ2n) is 5.92. The lowest BCUT2D eigenvalue weighted by molar-refractivity contribution is 0.291. The minimum atomic E-state index is 0.315. The first-order valence-corrected chi connectivity index (χ1v) is 8.84. The summed E-state index contributed by atoms with van der Waals surface area (Å²) in [4.78, 5) is 6.63. The molecule has 0 aliphatic rings. The molecule has 2 N–H and O–H groups in total. The van der Waals surface area contributed by atoms with E-state index in [9.17, 15) is 5.11 Å². The Morgan fingerprint density at radius 2 is 1.92 bits per heavy atom. The van der Waals surface area contributed by atoms with Crippen molar-refractivity contribution in [3.63, 3.8) is 0 Å². The number of halogens is 1. The van der Waals surface area contributed by atoms with E-state index in [1.165, 1.54) is 0 Å². The third-order valence-corrected chi connectivity index (χ3v) is 4.68. The number of phenolic OH excluding ortho intramolecular Hbond substituents is 1. The maximum atomic E-state index is 10.2. The SMILES string of the molecule is CCN(CC)Cc1cc(Nc2ccnc3cccc(Cl)c23)ccc1O. The average molecular weight is 356 g/mol. The zero-order valence-corrected chi connectivity index (χ0v) is 15.2. The number of aromatic nitrogens is 1. The molecule has 0 aliphatic carbocycles. The second kappa shape index (κ2) is 7.72. The fourth-order valence-electron chi connectivity index (χ4n) is 2.90. The number of fused-ring (bicyclic) bond motifs is 1. The molecule has 1 aromatic heterocycles. The molecule has 0 saturated heterocycles. The summed E-state index contributed by atoms with van der Waals surface area (Å²) >= 11 is 6.36. The van der Waals surface area contributed by atoms with Gasteiger partial charge in [-0.25, -0.2) is 0 Å². The van der Waals surface area contributed by atoms with Gasteiger partial charge < -0.3 is 10.4 Å². The Hall–Kier alpha value is -2.30. The van der Waals surface area contributed by atoms with Gasteiger partial charge in [-0.05, 0) is 49.5 Å². The molecule has 0 fully saturated rings. The number of anilines is 2. The molecule has 130 valence electrons. The molecule has 0 radical (unpaired) electrons. The van der Waals surface area contributed by atoms with Gasteiger partial charge in [-0.1, -0.05) is 31.5 Å². The van der Waals surface area contributed by atoms with Crippen molar-refractivity contribution < 1.29 is 5.11 Å². The van der Waals surface area contributed by atoms with Gasteiger partial charge in [-0.2, -0.15) is 0 Å². The molecule has 3 rings (SSSR count). The Labute approximate surface area is 153 Å². The summed E-state index contributed by atoms with van der Waals surface area (Å²) in [5, 5.41) is 15.1. The van der Waals surface area contributed by atoms with Crippen molar-refractivity contribution in [2.45, 2.75) is 20.4 Å². The van der Waals surface area contributed by atoms with Crippen molar-refractivity contribution in [1.82, 2.24) is 9.88 Å². The molecule has 0 saturated carbocycles. The average Bonchev–Trinajstić information content (AvgIpc) is 2.62. The van der Waals surface area contributed by atoms with Gasteiger partial charge in [-0.15, -0.1) is 0 Å². The van der Waals surface area contributed by atoms with E-state index in [1.807, 2.05) is 36.4 Å². The Balaban J connectivity index is 1.94. The molecular formula is C20H22ClN3O. The molecule has 0 aliphatic heterocycles. The molecule has 0 bridgehead atoms. The molecule has 0 unspecified atom stereocenters. The first-order valence-electron chi connectivity index (χ1n) is 8.46. The third kappa shape index (κ3) is 3.86. The van der Waals surface area contributed by atoms with E-state index in [0.29, 0.717) is 17.3 Å². The van der Waals surface area contributed by atoms with E-state index in [2.05, 4.69) is 29.0 Å². The Bertz CT molecular complexity index is 873. The van der Waals surface area contributed by atoms with Crippen molar-refractivity contribution in [2.24, 2.45) is 0 Å². The van der Waals surface area contributed by atoms with E-state index in [1.54, 1.807) is 12.3 Å². The number of nitrogens with one attached hydrogen (secondary N) is 1. The van der Waals surface area contributed by atoms with E-state index in [0.717, 1.165) is 40.9 Å². The first kappa shape index (κ1) is 17.5. The van der Waals surface area contributed by atoms with Crippen LogP contribution >= 0.6 is 11.6 Å². The van der Waals surface area contributed by atoms with E-state index < -0.39 is 0 Å². The highest BCUT2D eigenvalue weighted by Gasteiger charge is 2.10. The molecule has 4 nitrogen and oxygen atoms in total. The van der Waals surface area contributed by atoms with Gasteiger partial charge in [0.1, 0.15) is 5.75 Å². The molecule has 1 heterocycles. The summed E-state index contributed by atoms with van der Waals surface area (Å²) in [5.74, 6) is 0.315. The summed E-state index contributed by atoms with van der Waals surface area (Å²) < 4.78 is 0. The predicted molar refractivity (Wildman–Crippen MR) is 105 cm³/mol. The normalized spacial score (nSPS) is 11.2. The Kier molecular flexibility index (Phi) is 5.41. The Morgan fingerprint density at radius 3 is 2.68 bits per heavy atom. The van der Waals surface area contributed by atoms with Crippen molar-refractivity contribution >= 4 is 33.9 Å². The van der Waals surface area contributed by atoms with Crippen molar-refractivity contribution in [3.05, 3.63) is 59.2 Å². The van der Waals surface area contributed by atoms with Crippen LogP contribution in [-0.4, -0.2) is 28.1 Å². The third-order valence-electron chi connectivity index (χ3n) is 4.36. The zero-order valence-electron chi connectivity index (χ0n) is 14.5. The fourth-order valence-corrected chi connectivity index (χ4v) is 3.17. The van der Waals surface area contributed by atoms with Crippen LogP contribution in [0, 0.1) is 0 Å². The molecule has 2 aromatic carbocycles. The van der Waals surface area contributed by atoms with E-state index in [-0.39, 0.29) is 0 Å². The van der Waals surface area contributed by atoms with Crippen LogP contribution < -0.4 is 5.32 Å². The smallest absolute Gasteiger partial charge is 0.120 e. The van der Waals surface area contributed by atoms with Gasteiger partial charge in [0.15, 0.2) is 0 Å². The van der Waals surface area contributed by atoms with E-state index in [4.69, 9.17) is 11.6 Å². The van der Waals surface area contributed by atoms with E-state index >= 15 is 0 Å². The van der Waals surface area contributed by atoms with Crippen LogP contribution in [0.4, 0.5) is 11.4 Å². The van der Waals surface area contributed by atoms with Gasteiger partial charge in [0.05, 0.1) is 16.2 Å². The molecule has 25 heavy (non-hydrogen) atoms. The highest BCUT2D eigenvalue weighted by molar-refractivity contribution is 6.36. The lowest BCUT2D eigenvalue weighted by Crippen LogP contribution is -2.22. The Morgan fingerprint density at radius 1 is 1.12 bits per heavy atom. The topological polar surface area (TPSA) is 48.4 Å². The fraction of sp³-hybridized carbons (Fsp3) is 0.250. The van der Waals surface area contributed by atoms with Gasteiger partial charge in [0, 0.05) is 29.4 Å². The van der Waals surface area contributed by atoms with Crippen molar-refractivity contribution in [3.8, 4) is 5.75 Å². The monoisotopic (exact) mass is 355 g/mol. The second-order valence-corrected chi connectivity index (χ2v) is 6.33. The highest BCUT2D eigenvalue weighted by atomic mass is 35.5. The summed E-state index contributed by atoms with van der Waals surface area (Å²) in [6.07, 6.45) is 1.76. The molecule has 3 aromatic rings. The number of phenols is 1. The summed E-state index contributed by atoms with van der Waals surface area (Å²) in [5.41, 5.74) is 3.56. The van der Waals surface area contributed by atoms with Crippen LogP contribution in [-0.2, 0) is 6.54 Å². The number of benzene rings is 2. The molecule has 0 atom stereocenters. The standard InChI is InChI=1S/C20H22ClN3O/c1-3-24(4-2)13-14-12-15(8-9-19(14)25)23-18-10-11-22-17-7-5-6-16(21)20(17)18/h5-12,25H,3-4,13H2,1-2H3,(H,22,23). The minimum Gasteiger partial charge on any atom is -0.508 e. The number of nitrogens with zero attached hydrogens (tertiary/aromatic N) is 2. The maximum absolute atomic E-state index is 10.2. The molecule has 0 spiro atoms. The minimum absolute atomic E-state index is 0.315. The van der Waals surface area contributed by atoms with Gasteiger partial charge in [-0.3, -0.25) is 9.88 Å². The van der Waals surface area contributed by atoms with Crippen LogP contribution in [0.3, 0.4) is 0 Å². The zero-order chi connectivity index (χ0) is 17.8. The van der Waals surface area contributed by atoms with Crippen LogP contribution in [0.1, 0.15) is 19.4 Å². The molecule has 5 heteroatoms. The lowest BCUT2D eigenvalue weighted by atomic mass is 10.1. The number of rotatable bonds is 6. The predicted octanol–water partition coefficient (Wildman–Crippen LogP) is 5.18. The summed E-state index contributed by atoms with van der Waals surface area (Å²) in [6, 6.07) is 13.2. The summed E-state index contributed by atoms with van der Waals surface area (Å²) in [6.45, 7) is 6.84. The number of hydrogen-bond acceptors (Lipinski definition) is 4. The molecular weight excluding hydrogens is 334 g/mol. The number of hydrogen-bond donors (Lipinski definition) is 2. The number of pyridine rings is 1. The van der Waals surface area contributed by atoms with Crippen LogP contribution in [0.5, 0.6) is 5.75 Å². The van der Waals surface area contributed by atoms with Crippen molar-refractivity contribution in [1.29, 1.82) is 0 Å². The van der Waals surface area contributed by atoms with Crippen LogP contribution in [0.25, 0.3) is 10.9 Å². The van der Waals surface area contributed by atoms with Gasteiger partial charge in [0.25, 0.3) is 0 Å². The highest BCUT2D eigenvalue weighted by Crippen LogP contribution is 2.32. The lowest BCUT2D eigenvalue weighted by Gasteiger charge is -2.19. The van der Waals surface area contributed by atoms with Crippen LogP contribution in [0.2, 0.25) is 5.02 Å². The largest absolute Gasteiger partial charge is 0.508 e. The van der Waals surface area contributed by atoms with Crippen LogP contribution in [0.15, 0.2) is 48.7 Å². The quantitative estimate of drug-likeness (QED) is 0.598. The van der Waals surface area contributed by atoms with Crippen molar-refractivity contribution in [2.75, 3.05) is 18.4 Å². The maximum Gasteiger partial charge on any atom is 0.120 e. The first-order chi connectivity index (χ1) is 12.1.